The monoisotopic (exact) mass is 454 g/mol. The molecule has 0 atom stereocenters. The number of benzene rings is 3. The van der Waals surface area contributed by atoms with E-state index in [1.54, 1.807) is 12.1 Å². The zero-order valence-electron chi connectivity index (χ0n) is 18.5. The number of carbonyl (C=O) groups excluding carboxylic acids is 2. The summed E-state index contributed by atoms with van der Waals surface area (Å²) in [7, 11) is 0. The molecule has 5 rings (SSSR count). The lowest BCUT2D eigenvalue weighted by Crippen LogP contribution is -2.14. The van der Waals surface area contributed by atoms with Gasteiger partial charge in [0.15, 0.2) is 28.9 Å². The third-order valence-corrected chi connectivity index (χ3v) is 5.49. The number of aryl methyl sites for hydroxylation is 1. The van der Waals surface area contributed by atoms with Crippen LogP contribution in [0.15, 0.2) is 77.2 Å². The molecule has 7 nitrogen and oxygen atoms in total. The summed E-state index contributed by atoms with van der Waals surface area (Å²) in [6.07, 6.45) is 0.438. The van der Waals surface area contributed by atoms with Gasteiger partial charge in [0.05, 0.1) is 5.69 Å². The largest absolute Gasteiger partial charge is 0.454 e. The van der Waals surface area contributed by atoms with Crippen LogP contribution in [0.2, 0.25) is 0 Å². The van der Waals surface area contributed by atoms with E-state index in [1.165, 1.54) is 6.92 Å². The van der Waals surface area contributed by atoms with Crippen molar-refractivity contribution in [1.29, 1.82) is 0 Å². The molecule has 0 unspecified atom stereocenters. The molecule has 0 aliphatic carbocycles. The maximum Gasteiger partial charge on any atom is 0.231 e. The first-order valence-electron chi connectivity index (χ1n) is 10.9. The lowest BCUT2D eigenvalue weighted by Gasteiger charge is -2.10. The molecule has 0 saturated carbocycles. The van der Waals surface area contributed by atoms with Gasteiger partial charge in [0.25, 0.3) is 0 Å². The van der Waals surface area contributed by atoms with Crippen LogP contribution in [0.3, 0.4) is 0 Å². The van der Waals surface area contributed by atoms with Crippen LogP contribution >= 0.6 is 0 Å². The Balaban J connectivity index is 1.35. The Morgan fingerprint density at radius 3 is 2.24 bits per heavy atom. The van der Waals surface area contributed by atoms with Gasteiger partial charge in [-0.2, -0.15) is 0 Å². The molecule has 7 heteroatoms. The van der Waals surface area contributed by atoms with Gasteiger partial charge in [0, 0.05) is 35.6 Å². The van der Waals surface area contributed by atoms with Crippen molar-refractivity contribution < 1.29 is 23.5 Å². The standard InChI is InChI=1S/C27H22N2O5/c1-17(30)20-14-22-23(33-16-32-22)15-21(20)28-24(31)12-13-25-29-26(18-8-4-2-5-9-18)27(34-25)19-10-6-3-7-11-19/h2-11,14-15H,12-13,16H2,1H3,(H,28,31). The summed E-state index contributed by atoms with van der Waals surface area (Å²) in [5.41, 5.74) is 3.34. The van der Waals surface area contributed by atoms with Crippen LogP contribution in [0.25, 0.3) is 22.6 Å². The summed E-state index contributed by atoms with van der Waals surface area (Å²) in [5.74, 6) is 1.67. The normalized spacial score (nSPS) is 11.9. The second kappa shape index (κ2) is 9.23. The van der Waals surface area contributed by atoms with E-state index in [1.807, 2.05) is 60.7 Å². The maximum atomic E-state index is 12.7. The fourth-order valence-corrected chi connectivity index (χ4v) is 3.82. The summed E-state index contributed by atoms with van der Waals surface area (Å²) < 4.78 is 16.8. The summed E-state index contributed by atoms with van der Waals surface area (Å²) in [4.78, 5) is 29.5. The Labute approximate surface area is 196 Å². The Bertz CT molecular complexity index is 1290. The van der Waals surface area contributed by atoms with Crippen LogP contribution in [0.5, 0.6) is 11.5 Å². The molecule has 0 radical (unpaired) electrons. The molecular weight excluding hydrogens is 432 g/mol. The minimum atomic E-state index is -0.262. The number of hydrogen-bond acceptors (Lipinski definition) is 6. The molecule has 0 bridgehead atoms. The molecule has 1 amide bonds. The highest BCUT2D eigenvalue weighted by Crippen LogP contribution is 2.37. The fraction of sp³-hybridized carbons (Fsp3) is 0.148. The SMILES string of the molecule is CC(=O)c1cc2c(cc1NC(=O)CCc1nc(-c3ccccc3)c(-c3ccccc3)o1)OCO2. The number of carbonyl (C=O) groups is 2. The third kappa shape index (κ3) is 4.41. The van der Waals surface area contributed by atoms with E-state index in [9.17, 15) is 9.59 Å². The molecule has 1 N–H and O–H groups in total. The van der Waals surface area contributed by atoms with Crippen molar-refractivity contribution in [2.75, 3.05) is 12.1 Å². The van der Waals surface area contributed by atoms with E-state index >= 15 is 0 Å². The molecule has 0 spiro atoms. The Kier molecular flexibility index (Phi) is 5.82. The van der Waals surface area contributed by atoms with E-state index in [-0.39, 0.29) is 24.9 Å². The van der Waals surface area contributed by atoms with E-state index in [2.05, 4.69) is 5.32 Å². The maximum absolute atomic E-state index is 12.7. The number of nitrogens with zero attached hydrogens (tertiary/aromatic N) is 1. The van der Waals surface area contributed by atoms with Crippen molar-refractivity contribution in [2.24, 2.45) is 0 Å². The second-order valence-corrected chi connectivity index (χ2v) is 7.87. The molecule has 0 saturated heterocycles. The number of nitrogens with one attached hydrogen (secondary N) is 1. The number of Topliss-reactive ketones (excluding diaryl/α,β-unsaturated/α-hetero) is 1. The van der Waals surface area contributed by atoms with Crippen molar-refractivity contribution in [3.05, 3.63) is 84.3 Å². The number of aromatic nitrogens is 1. The number of hydrogen-bond donors (Lipinski definition) is 1. The van der Waals surface area contributed by atoms with Crippen LogP contribution in [0, 0.1) is 0 Å². The van der Waals surface area contributed by atoms with E-state index in [0.717, 1.165) is 16.8 Å². The van der Waals surface area contributed by atoms with Gasteiger partial charge in [-0.3, -0.25) is 9.59 Å². The Hall–Kier alpha value is -4.39. The summed E-state index contributed by atoms with van der Waals surface area (Å²) in [6, 6.07) is 22.8. The molecule has 3 aromatic carbocycles. The molecule has 2 heterocycles. The van der Waals surface area contributed by atoms with Crippen molar-refractivity contribution in [2.45, 2.75) is 19.8 Å². The first-order chi connectivity index (χ1) is 16.6. The van der Waals surface area contributed by atoms with Gasteiger partial charge in [-0.15, -0.1) is 0 Å². The zero-order chi connectivity index (χ0) is 23.5. The first kappa shape index (κ1) is 21.5. The predicted molar refractivity (Wildman–Crippen MR) is 127 cm³/mol. The minimum Gasteiger partial charge on any atom is -0.454 e. The molecule has 170 valence electrons. The van der Waals surface area contributed by atoms with Gasteiger partial charge in [0.1, 0.15) is 5.69 Å². The highest BCUT2D eigenvalue weighted by atomic mass is 16.7. The summed E-state index contributed by atoms with van der Waals surface area (Å²) in [5, 5.41) is 2.81. The zero-order valence-corrected chi connectivity index (χ0v) is 18.5. The summed E-state index contributed by atoms with van der Waals surface area (Å²) in [6.45, 7) is 1.53. The van der Waals surface area contributed by atoms with Crippen LogP contribution in [0.1, 0.15) is 29.6 Å². The highest BCUT2D eigenvalue weighted by Gasteiger charge is 2.21. The topological polar surface area (TPSA) is 90.7 Å². The summed E-state index contributed by atoms with van der Waals surface area (Å²) >= 11 is 0. The molecular formula is C27H22N2O5. The Morgan fingerprint density at radius 1 is 0.912 bits per heavy atom. The van der Waals surface area contributed by atoms with Crippen molar-refractivity contribution in [1.82, 2.24) is 4.98 Å². The molecule has 1 aliphatic heterocycles. The van der Waals surface area contributed by atoms with Gasteiger partial charge in [-0.25, -0.2) is 4.98 Å². The fourth-order valence-electron chi connectivity index (χ4n) is 3.82. The van der Waals surface area contributed by atoms with Crippen molar-refractivity contribution in [3.8, 4) is 34.1 Å². The molecule has 1 aliphatic rings. The molecule has 4 aromatic rings. The number of oxazole rings is 1. The van der Waals surface area contributed by atoms with Crippen LogP contribution < -0.4 is 14.8 Å². The second-order valence-electron chi connectivity index (χ2n) is 7.87. The van der Waals surface area contributed by atoms with Gasteiger partial charge in [0.2, 0.25) is 12.7 Å². The highest BCUT2D eigenvalue weighted by molar-refractivity contribution is 6.04. The number of anilines is 1. The number of amides is 1. The first-order valence-corrected chi connectivity index (χ1v) is 10.9. The van der Waals surface area contributed by atoms with Crippen molar-refractivity contribution >= 4 is 17.4 Å². The molecule has 34 heavy (non-hydrogen) atoms. The van der Waals surface area contributed by atoms with Crippen molar-refractivity contribution in [3.63, 3.8) is 0 Å². The van der Waals surface area contributed by atoms with Gasteiger partial charge in [-0.05, 0) is 13.0 Å². The number of fused-ring (bicyclic) bond motifs is 1. The number of ketones is 1. The quantitative estimate of drug-likeness (QED) is 0.370. The van der Waals surface area contributed by atoms with Crippen LogP contribution in [0.4, 0.5) is 5.69 Å². The predicted octanol–water partition coefficient (Wildman–Crippen LogP) is 5.51. The average Bonchev–Trinajstić information content (AvgIpc) is 3.50. The lowest BCUT2D eigenvalue weighted by molar-refractivity contribution is -0.116. The minimum absolute atomic E-state index is 0.0851. The van der Waals surface area contributed by atoms with Gasteiger partial charge < -0.3 is 19.2 Å². The van der Waals surface area contributed by atoms with Gasteiger partial charge >= 0.3 is 0 Å². The van der Waals surface area contributed by atoms with E-state index in [0.29, 0.717) is 40.8 Å². The molecule has 0 fully saturated rings. The number of rotatable bonds is 7. The van der Waals surface area contributed by atoms with Gasteiger partial charge in [-0.1, -0.05) is 60.7 Å². The Morgan fingerprint density at radius 2 is 1.56 bits per heavy atom. The molecule has 1 aromatic heterocycles. The van der Waals surface area contributed by atoms with Crippen LogP contribution in [-0.2, 0) is 11.2 Å². The number of ether oxygens (including phenoxy) is 2. The average molecular weight is 454 g/mol. The van der Waals surface area contributed by atoms with E-state index < -0.39 is 0 Å². The third-order valence-electron chi connectivity index (χ3n) is 5.49. The van der Waals surface area contributed by atoms with Crippen LogP contribution in [-0.4, -0.2) is 23.5 Å². The van der Waals surface area contributed by atoms with E-state index in [4.69, 9.17) is 18.9 Å². The smallest absolute Gasteiger partial charge is 0.231 e. The lowest BCUT2D eigenvalue weighted by atomic mass is 10.1.